The number of pyridine rings is 1. The molecular formula is C20H24N2O5. The Morgan fingerprint density at radius 2 is 1.70 bits per heavy atom. The van der Waals surface area contributed by atoms with E-state index in [2.05, 4.69) is 10.3 Å². The maximum absolute atomic E-state index is 12.3. The van der Waals surface area contributed by atoms with Crippen LogP contribution in [0.25, 0.3) is 0 Å². The van der Waals surface area contributed by atoms with Crippen molar-refractivity contribution in [1.29, 1.82) is 0 Å². The van der Waals surface area contributed by atoms with E-state index in [4.69, 9.17) is 10.2 Å². The van der Waals surface area contributed by atoms with Crippen molar-refractivity contribution >= 4 is 17.8 Å². The molecule has 7 heteroatoms. The number of hydrogen-bond acceptors (Lipinski definition) is 4. The summed E-state index contributed by atoms with van der Waals surface area (Å²) in [5.74, 6) is -2.09. The third-order valence-corrected chi connectivity index (χ3v) is 3.70. The number of carbonyl (C=O) groups excluding carboxylic acids is 1. The summed E-state index contributed by atoms with van der Waals surface area (Å²) in [6.45, 7) is 5.36. The Morgan fingerprint density at radius 1 is 1.07 bits per heavy atom. The summed E-state index contributed by atoms with van der Waals surface area (Å²) in [6, 6.07) is 10.3. The van der Waals surface area contributed by atoms with Gasteiger partial charge in [-0.2, -0.15) is 0 Å². The molecule has 27 heavy (non-hydrogen) atoms. The van der Waals surface area contributed by atoms with Gasteiger partial charge in [0.2, 0.25) is 0 Å². The molecule has 1 aromatic heterocycles. The van der Waals surface area contributed by atoms with Crippen LogP contribution in [-0.2, 0) is 9.59 Å². The van der Waals surface area contributed by atoms with Crippen molar-refractivity contribution in [1.82, 2.24) is 10.3 Å². The Hall–Kier alpha value is -3.22. The maximum Gasteiger partial charge on any atom is 0.305 e. The smallest absolute Gasteiger partial charge is 0.305 e. The Labute approximate surface area is 158 Å². The Morgan fingerprint density at radius 3 is 2.22 bits per heavy atom. The number of hydrogen-bond donors (Lipinski definition) is 3. The topological polar surface area (TPSA) is 117 Å². The minimum Gasteiger partial charge on any atom is -0.481 e. The first-order valence-electron chi connectivity index (χ1n) is 8.47. The summed E-state index contributed by atoms with van der Waals surface area (Å²) in [7, 11) is 0. The zero-order valence-electron chi connectivity index (χ0n) is 15.6. The zero-order chi connectivity index (χ0) is 20.4. The fourth-order valence-electron chi connectivity index (χ4n) is 2.28. The van der Waals surface area contributed by atoms with Gasteiger partial charge in [0.15, 0.2) is 0 Å². The van der Waals surface area contributed by atoms with E-state index in [1.54, 1.807) is 25.3 Å². The SMILES string of the molecule is CCC(=O)O.Cc1ccnc(C(=O)N[C@@H](CC(=O)O)c2ccccc2C)c1. The minimum absolute atomic E-state index is 0.178. The summed E-state index contributed by atoms with van der Waals surface area (Å²) < 4.78 is 0. The van der Waals surface area contributed by atoms with Gasteiger partial charge < -0.3 is 15.5 Å². The van der Waals surface area contributed by atoms with E-state index in [-0.39, 0.29) is 24.4 Å². The molecule has 0 bridgehead atoms. The van der Waals surface area contributed by atoms with Crippen LogP contribution in [0, 0.1) is 13.8 Å². The number of aryl methyl sites for hydroxylation is 2. The van der Waals surface area contributed by atoms with Crippen LogP contribution in [0.15, 0.2) is 42.6 Å². The number of carboxylic acid groups (broad SMARTS) is 2. The normalized spacial score (nSPS) is 10.9. The molecule has 0 saturated carbocycles. The molecule has 3 N–H and O–H groups in total. The zero-order valence-corrected chi connectivity index (χ0v) is 15.6. The first kappa shape index (κ1) is 21.8. The summed E-state index contributed by atoms with van der Waals surface area (Å²) in [5.41, 5.74) is 2.94. The van der Waals surface area contributed by atoms with Gasteiger partial charge in [-0.15, -0.1) is 0 Å². The highest BCUT2D eigenvalue weighted by Gasteiger charge is 2.20. The highest BCUT2D eigenvalue weighted by molar-refractivity contribution is 5.93. The van der Waals surface area contributed by atoms with Crippen molar-refractivity contribution in [3.8, 4) is 0 Å². The van der Waals surface area contributed by atoms with E-state index in [0.717, 1.165) is 16.7 Å². The van der Waals surface area contributed by atoms with Crippen LogP contribution < -0.4 is 5.32 Å². The van der Waals surface area contributed by atoms with Gasteiger partial charge in [-0.1, -0.05) is 31.2 Å². The molecule has 1 amide bonds. The molecule has 0 aliphatic carbocycles. The first-order chi connectivity index (χ1) is 12.7. The van der Waals surface area contributed by atoms with Crippen molar-refractivity contribution in [2.45, 2.75) is 39.7 Å². The van der Waals surface area contributed by atoms with Crippen molar-refractivity contribution in [2.75, 3.05) is 0 Å². The molecule has 7 nitrogen and oxygen atoms in total. The van der Waals surface area contributed by atoms with Gasteiger partial charge in [-0.3, -0.25) is 19.4 Å². The van der Waals surface area contributed by atoms with Crippen LogP contribution in [0.4, 0.5) is 0 Å². The molecular weight excluding hydrogens is 348 g/mol. The van der Waals surface area contributed by atoms with Crippen LogP contribution in [0.5, 0.6) is 0 Å². The maximum atomic E-state index is 12.3. The Bertz CT molecular complexity index is 804. The predicted octanol–water partition coefficient (Wildman–Crippen LogP) is 3.13. The fraction of sp³-hybridized carbons (Fsp3) is 0.300. The molecule has 0 spiro atoms. The molecule has 1 atom stereocenters. The summed E-state index contributed by atoms with van der Waals surface area (Å²) in [4.78, 5) is 36.8. The van der Waals surface area contributed by atoms with Crippen LogP contribution in [0.3, 0.4) is 0 Å². The van der Waals surface area contributed by atoms with E-state index < -0.39 is 18.0 Å². The molecule has 0 radical (unpaired) electrons. The quantitative estimate of drug-likeness (QED) is 0.717. The Balaban J connectivity index is 0.000000646. The second-order valence-corrected chi connectivity index (χ2v) is 5.95. The number of nitrogens with zero attached hydrogens (tertiary/aromatic N) is 1. The number of aliphatic carboxylic acids is 2. The minimum atomic E-state index is -0.967. The lowest BCUT2D eigenvalue weighted by Gasteiger charge is -2.19. The van der Waals surface area contributed by atoms with Crippen molar-refractivity contribution in [2.24, 2.45) is 0 Å². The molecule has 1 aromatic carbocycles. The van der Waals surface area contributed by atoms with Gasteiger partial charge >= 0.3 is 11.9 Å². The third-order valence-electron chi connectivity index (χ3n) is 3.70. The average molecular weight is 372 g/mol. The summed E-state index contributed by atoms with van der Waals surface area (Å²) in [6.07, 6.45) is 1.60. The molecule has 0 saturated heterocycles. The monoisotopic (exact) mass is 372 g/mol. The first-order valence-corrected chi connectivity index (χ1v) is 8.47. The summed E-state index contributed by atoms with van der Waals surface area (Å²) in [5, 5.41) is 19.6. The number of nitrogens with one attached hydrogen (secondary N) is 1. The van der Waals surface area contributed by atoms with Crippen molar-refractivity contribution < 1.29 is 24.6 Å². The number of rotatable bonds is 6. The molecule has 2 aromatic rings. The Kier molecular flexibility index (Phi) is 8.65. The van der Waals surface area contributed by atoms with Gasteiger partial charge in [-0.25, -0.2) is 0 Å². The van der Waals surface area contributed by atoms with Crippen LogP contribution in [-0.4, -0.2) is 33.0 Å². The molecule has 0 unspecified atom stereocenters. The van der Waals surface area contributed by atoms with E-state index in [1.165, 1.54) is 0 Å². The summed E-state index contributed by atoms with van der Waals surface area (Å²) >= 11 is 0. The highest BCUT2D eigenvalue weighted by Crippen LogP contribution is 2.21. The molecule has 0 aliphatic rings. The van der Waals surface area contributed by atoms with Gasteiger partial charge in [0.25, 0.3) is 5.91 Å². The predicted molar refractivity (Wildman–Crippen MR) is 101 cm³/mol. The molecule has 2 rings (SSSR count). The van der Waals surface area contributed by atoms with E-state index in [9.17, 15) is 14.4 Å². The van der Waals surface area contributed by atoms with Crippen molar-refractivity contribution in [3.63, 3.8) is 0 Å². The van der Waals surface area contributed by atoms with Crippen LogP contribution >= 0.6 is 0 Å². The molecule has 0 fully saturated rings. The van der Waals surface area contributed by atoms with E-state index >= 15 is 0 Å². The second-order valence-electron chi connectivity index (χ2n) is 5.95. The van der Waals surface area contributed by atoms with Gasteiger partial charge in [0.1, 0.15) is 5.69 Å². The number of aromatic nitrogens is 1. The standard InChI is InChI=1S/C17H18N2O3.C3H6O2/c1-11-7-8-18-15(9-11)17(22)19-14(10-16(20)21)13-6-4-3-5-12(13)2;1-2-3(4)5/h3-9,14H,10H2,1-2H3,(H,19,22)(H,20,21);2H2,1H3,(H,4,5)/t14-;/m0./s1. The number of carbonyl (C=O) groups is 3. The second kappa shape index (κ2) is 10.7. The fourth-order valence-corrected chi connectivity index (χ4v) is 2.28. The van der Waals surface area contributed by atoms with Crippen LogP contribution in [0.1, 0.15) is 53.0 Å². The van der Waals surface area contributed by atoms with Gasteiger partial charge in [0, 0.05) is 12.6 Å². The van der Waals surface area contributed by atoms with Crippen LogP contribution in [0.2, 0.25) is 0 Å². The average Bonchev–Trinajstić information content (AvgIpc) is 2.61. The molecule has 0 aliphatic heterocycles. The molecule has 1 heterocycles. The lowest BCUT2D eigenvalue weighted by atomic mass is 9.98. The number of amides is 1. The van der Waals surface area contributed by atoms with E-state index in [0.29, 0.717) is 0 Å². The highest BCUT2D eigenvalue weighted by atomic mass is 16.4. The van der Waals surface area contributed by atoms with E-state index in [1.807, 2.05) is 38.1 Å². The number of benzene rings is 1. The van der Waals surface area contributed by atoms with Gasteiger partial charge in [0.05, 0.1) is 12.5 Å². The number of carboxylic acids is 2. The van der Waals surface area contributed by atoms with Gasteiger partial charge in [-0.05, 0) is 42.7 Å². The van der Waals surface area contributed by atoms with Crippen molar-refractivity contribution in [3.05, 3.63) is 65.0 Å². The molecule has 144 valence electrons. The third kappa shape index (κ3) is 7.68. The lowest BCUT2D eigenvalue weighted by molar-refractivity contribution is -0.138. The largest absolute Gasteiger partial charge is 0.481 e. The lowest BCUT2D eigenvalue weighted by Crippen LogP contribution is -2.31.